The molecule has 6 heteroatoms. The van der Waals surface area contributed by atoms with Crippen molar-refractivity contribution in [3.63, 3.8) is 0 Å². The van der Waals surface area contributed by atoms with Gasteiger partial charge in [-0.1, -0.05) is 11.3 Å². The van der Waals surface area contributed by atoms with Crippen LogP contribution in [-0.2, 0) is 0 Å². The van der Waals surface area contributed by atoms with Crippen molar-refractivity contribution in [1.82, 2.24) is 4.98 Å². The number of carboxylic acids is 1. The van der Waals surface area contributed by atoms with Crippen LogP contribution in [0, 0.1) is 0 Å². The predicted molar refractivity (Wildman–Crippen MR) is 70.1 cm³/mol. The SMILES string of the molecule is CCOc1ccc(-c2sc(N)nc2C(=O)O)cc1. The van der Waals surface area contributed by atoms with Crippen LogP contribution in [0.15, 0.2) is 24.3 Å². The third-order valence-corrected chi connectivity index (χ3v) is 3.21. The van der Waals surface area contributed by atoms with Gasteiger partial charge >= 0.3 is 5.97 Å². The van der Waals surface area contributed by atoms with E-state index in [4.69, 9.17) is 15.6 Å². The van der Waals surface area contributed by atoms with E-state index in [-0.39, 0.29) is 10.8 Å². The normalized spacial score (nSPS) is 10.3. The molecule has 0 aliphatic rings. The molecule has 2 rings (SSSR count). The second kappa shape index (κ2) is 5.05. The molecule has 2 aromatic rings. The molecule has 0 saturated heterocycles. The first-order chi connectivity index (χ1) is 8.61. The van der Waals surface area contributed by atoms with E-state index in [1.54, 1.807) is 24.3 Å². The Morgan fingerprint density at radius 2 is 2.11 bits per heavy atom. The maximum absolute atomic E-state index is 11.0. The average Bonchev–Trinajstić information content (AvgIpc) is 2.73. The monoisotopic (exact) mass is 264 g/mol. The van der Waals surface area contributed by atoms with E-state index in [1.165, 1.54) is 0 Å². The maximum atomic E-state index is 11.0. The number of carbonyl (C=O) groups is 1. The lowest BCUT2D eigenvalue weighted by Crippen LogP contribution is -1.99. The van der Waals surface area contributed by atoms with Crippen molar-refractivity contribution in [2.45, 2.75) is 6.92 Å². The molecule has 0 atom stereocenters. The first-order valence-electron chi connectivity index (χ1n) is 5.34. The van der Waals surface area contributed by atoms with E-state index in [1.807, 2.05) is 6.92 Å². The van der Waals surface area contributed by atoms with Crippen molar-refractivity contribution >= 4 is 22.4 Å². The van der Waals surface area contributed by atoms with Gasteiger partial charge in [-0.2, -0.15) is 0 Å². The van der Waals surface area contributed by atoms with Gasteiger partial charge in [0.05, 0.1) is 11.5 Å². The highest BCUT2D eigenvalue weighted by atomic mass is 32.1. The van der Waals surface area contributed by atoms with Crippen LogP contribution in [0.4, 0.5) is 5.13 Å². The molecule has 18 heavy (non-hydrogen) atoms. The Bertz CT molecular complexity index is 563. The summed E-state index contributed by atoms with van der Waals surface area (Å²) < 4.78 is 5.33. The molecule has 0 unspecified atom stereocenters. The van der Waals surface area contributed by atoms with Gasteiger partial charge in [-0.15, -0.1) is 0 Å². The molecule has 3 N–H and O–H groups in total. The number of hydrogen-bond donors (Lipinski definition) is 2. The van der Waals surface area contributed by atoms with E-state index in [2.05, 4.69) is 4.98 Å². The van der Waals surface area contributed by atoms with E-state index in [0.717, 1.165) is 22.6 Å². The van der Waals surface area contributed by atoms with Crippen LogP contribution in [-0.4, -0.2) is 22.7 Å². The molecule has 0 saturated carbocycles. The molecule has 0 radical (unpaired) electrons. The highest BCUT2D eigenvalue weighted by Gasteiger charge is 2.17. The topological polar surface area (TPSA) is 85.4 Å². The highest BCUT2D eigenvalue weighted by Crippen LogP contribution is 2.32. The van der Waals surface area contributed by atoms with Gasteiger partial charge < -0.3 is 15.6 Å². The smallest absolute Gasteiger partial charge is 0.356 e. The molecule has 0 amide bonds. The third-order valence-electron chi connectivity index (χ3n) is 2.27. The Balaban J connectivity index is 2.39. The lowest BCUT2D eigenvalue weighted by Gasteiger charge is -2.03. The number of thiazole rings is 1. The van der Waals surface area contributed by atoms with Crippen LogP contribution in [0.3, 0.4) is 0 Å². The van der Waals surface area contributed by atoms with Gasteiger partial charge in [0.25, 0.3) is 0 Å². The van der Waals surface area contributed by atoms with Crippen LogP contribution in [0.25, 0.3) is 10.4 Å². The molecule has 0 spiro atoms. The fourth-order valence-corrected chi connectivity index (χ4v) is 2.38. The number of benzene rings is 1. The van der Waals surface area contributed by atoms with Gasteiger partial charge in [-0.25, -0.2) is 9.78 Å². The zero-order valence-electron chi connectivity index (χ0n) is 9.71. The molecule has 1 heterocycles. The van der Waals surface area contributed by atoms with Gasteiger partial charge in [0.15, 0.2) is 10.8 Å². The lowest BCUT2D eigenvalue weighted by atomic mass is 10.1. The van der Waals surface area contributed by atoms with Crippen LogP contribution in [0.2, 0.25) is 0 Å². The Hall–Kier alpha value is -2.08. The fraction of sp³-hybridized carbons (Fsp3) is 0.167. The second-order valence-corrected chi connectivity index (χ2v) is 4.52. The van der Waals surface area contributed by atoms with Crippen molar-refractivity contribution in [2.24, 2.45) is 0 Å². The van der Waals surface area contributed by atoms with Gasteiger partial charge in [0.1, 0.15) is 5.75 Å². The van der Waals surface area contributed by atoms with Crippen LogP contribution >= 0.6 is 11.3 Å². The number of anilines is 1. The summed E-state index contributed by atoms with van der Waals surface area (Å²) in [4.78, 5) is 15.4. The summed E-state index contributed by atoms with van der Waals surface area (Å²) in [5.74, 6) is -0.331. The van der Waals surface area contributed by atoms with E-state index < -0.39 is 5.97 Å². The van der Waals surface area contributed by atoms with Gasteiger partial charge in [-0.3, -0.25) is 0 Å². The first kappa shape index (κ1) is 12.4. The number of aromatic nitrogens is 1. The Kier molecular flexibility index (Phi) is 3.47. The minimum atomic E-state index is -1.08. The minimum Gasteiger partial charge on any atom is -0.494 e. The van der Waals surface area contributed by atoms with Crippen LogP contribution in [0.5, 0.6) is 5.75 Å². The van der Waals surface area contributed by atoms with Gasteiger partial charge in [-0.05, 0) is 36.8 Å². The Labute approximate surface area is 108 Å². The van der Waals surface area contributed by atoms with Crippen LogP contribution < -0.4 is 10.5 Å². The zero-order valence-corrected chi connectivity index (χ0v) is 10.5. The maximum Gasteiger partial charge on any atom is 0.356 e. The molecule has 1 aromatic heterocycles. The van der Waals surface area contributed by atoms with Crippen molar-refractivity contribution in [3.8, 4) is 16.2 Å². The lowest BCUT2D eigenvalue weighted by molar-refractivity contribution is 0.0692. The molecule has 0 fully saturated rings. The van der Waals surface area contributed by atoms with E-state index in [9.17, 15) is 4.79 Å². The van der Waals surface area contributed by atoms with Crippen molar-refractivity contribution in [1.29, 1.82) is 0 Å². The number of hydrogen-bond acceptors (Lipinski definition) is 5. The number of carboxylic acid groups (broad SMARTS) is 1. The number of nitrogens with two attached hydrogens (primary N) is 1. The van der Waals surface area contributed by atoms with Crippen LogP contribution in [0.1, 0.15) is 17.4 Å². The highest BCUT2D eigenvalue weighted by molar-refractivity contribution is 7.19. The van der Waals surface area contributed by atoms with Crippen molar-refractivity contribution < 1.29 is 14.6 Å². The largest absolute Gasteiger partial charge is 0.494 e. The molecular formula is C12H12N2O3S. The summed E-state index contributed by atoms with van der Waals surface area (Å²) >= 11 is 1.16. The van der Waals surface area contributed by atoms with E-state index in [0.29, 0.717) is 11.5 Å². The summed E-state index contributed by atoms with van der Waals surface area (Å²) in [6.07, 6.45) is 0. The Morgan fingerprint density at radius 1 is 1.44 bits per heavy atom. The van der Waals surface area contributed by atoms with E-state index >= 15 is 0 Å². The van der Waals surface area contributed by atoms with Crippen molar-refractivity contribution in [3.05, 3.63) is 30.0 Å². The number of nitrogen functional groups attached to an aromatic ring is 1. The first-order valence-corrected chi connectivity index (χ1v) is 6.16. The van der Waals surface area contributed by atoms with Gasteiger partial charge in [0, 0.05) is 0 Å². The number of rotatable bonds is 4. The fourth-order valence-electron chi connectivity index (χ4n) is 1.55. The summed E-state index contributed by atoms with van der Waals surface area (Å²) in [6, 6.07) is 7.18. The summed E-state index contributed by atoms with van der Waals surface area (Å²) in [7, 11) is 0. The molecule has 0 aliphatic heterocycles. The molecule has 0 bridgehead atoms. The molecular weight excluding hydrogens is 252 g/mol. The second-order valence-electron chi connectivity index (χ2n) is 3.49. The summed E-state index contributed by atoms with van der Waals surface area (Å²) in [5.41, 5.74) is 6.31. The predicted octanol–water partition coefficient (Wildman–Crippen LogP) is 2.49. The summed E-state index contributed by atoms with van der Waals surface area (Å²) in [5, 5.41) is 9.29. The van der Waals surface area contributed by atoms with Gasteiger partial charge in [0.2, 0.25) is 0 Å². The molecule has 0 aliphatic carbocycles. The molecule has 94 valence electrons. The minimum absolute atomic E-state index is 0.0124. The molecule has 5 nitrogen and oxygen atoms in total. The number of ether oxygens (including phenoxy) is 1. The average molecular weight is 264 g/mol. The number of nitrogens with zero attached hydrogens (tertiary/aromatic N) is 1. The molecule has 1 aromatic carbocycles. The van der Waals surface area contributed by atoms with Crippen molar-refractivity contribution in [2.75, 3.05) is 12.3 Å². The summed E-state index contributed by atoms with van der Waals surface area (Å²) in [6.45, 7) is 2.49. The number of aromatic carboxylic acids is 1. The third kappa shape index (κ3) is 2.43. The zero-order chi connectivity index (χ0) is 13.1. The Morgan fingerprint density at radius 3 is 2.67 bits per heavy atom. The standard InChI is InChI=1S/C12H12N2O3S/c1-2-17-8-5-3-7(4-6-8)10-9(11(15)16)14-12(13)18-10/h3-6H,2H2,1H3,(H2,13,14)(H,15,16). The quantitative estimate of drug-likeness (QED) is 0.886.